The molecule has 0 atom stereocenters. The third-order valence-electron chi connectivity index (χ3n) is 3.63. The molecule has 1 N–H and O–H groups in total. The molecule has 0 radical (unpaired) electrons. The van der Waals surface area contributed by atoms with Crippen molar-refractivity contribution in [1.82, 2.24) is 0 Å². The van der Waals surface area contributed by atoms with E-state index in [1.165, 1.54) is 5.56 Å². The zero-order chi connectivity index (χ0) is 17.2. The first kappa shape index (κ1) is 17.7. The van der Waals surface area contributed by atoms with Gasteiger partial charge in [-0.15, -0.1) is 0 Å². The Balaban J connectivity index is 1.92. The summed E-state index contributed by atoms with van der Waals surface area (Å²) < 4.78 is 4.99. The van der Waals surface area contributed by atoms with Crippen molar-refractivity contribution in [2.45, 2.75) is 32.6 Å². The Bertz CT molecular complexity index is 668. The van der Waals surface area contributed by atoms with Gasteiger partial charge in [-0.2, -0.15) is 0 Å². The Hall–Kier alpha value is -2.62. The highest BCUT2D eigenvalue weighted by Gasteiger charge is 2.10. The fraction of sp³-hybridized carbons (Fsp3) is 0.300. The second kappa shape index (κ2) is 9.50. The number of nitrogens with one attached hydrogen (secondary N) is 1. The molecular weight excluding hydrogens is 302 g/mol. The van der Waals surface area contributed by atoms with Gasteiger partial charge in [0.25, 0.3) is 5.91 Å². The lowest BCUT2D eigenvalue weighted by molar-refractivity contribution is -0.147. The van der Waals surface area contributed by atoms with E-state index < -0.39 is 0 Å². The summed E-state index contributed by atoms with van der Waals surface area (Å²) in [5.74, 6) is -0.648. The number of hydrogen-bond donors (Lipinski definition) is 1. The molecule has 0 saturated heterocycles. The molecule has 0 unspecified atom stereocenters. The van der Waals surface area contributed by atoms with Crippen molar-refractivity contribution >= 4 is 17.6 Å². The molecule has 0 aliphatic heterocycles. The number of rotatable bonds is 8. The molecule has 0 aromatic heterocycles. The molecule has 0 aliphatic carbocycles. The molecule has 0 fully saturated rings. The first-order valence-electron chi connectivity index (χ1n) is 8.26. The maximum Gasteiger partial charge on any atom is 0.306 e. The summed E-state index contributed by atoms with van der Waals surface area (Å²) in [5.41, 5.74) is 2.94. The van der Waals surface area contributed by atoms with Gasteiger partial charge >= 0.3 is 5.97 Å². The van der Waals surface area contributed by atoms with Crippen LogP contribution in [-0.4, -0.2) is 18.5 Å². The highest BCUT2D eigenvalue weighted by atomic mass is 16.5. The minimum absolute atomic E-state index is 0.248. The predicted molar refractivity (Wildman–Crippen MR) is 94.8 cm³/mol. The Morgan fingerprint density at radius 3 is 2.46 bits per heavy atom. The SMILES string of the molecule is CCCCC(=O)OCC(=O)Nc1ccccc1Cc1ccccc1. The molecular formula is C20H23NO3. The van der Waals surface area contributed by atoms with Crippen molar-refractivity contribution in [3.8, 4) is 0 Å². The number of unbranched alkanes of at least 4 members (excludes halogenated alkanes) is 1. The third-order valence-corrected chi connectivity index (χ3v) is 3.63. The predicted octanol–water partition coefficient (Wildman–Crippen LogP) is 3.95. The molecule has 4 nitrogen and oxygen atoms in total. The van der Waals surface area contributed by atoms with E-state index >= 15 is 0 Å². The number of hydrogen-bond acceptors (Lipinski definition) is 3. The van der Waals surface area contributed by atoms with Crippen LogP contribution in [0.1, 0.15) is 37.3 Å². The smallest absolute Gasteiger partial charge is 0.306 e. The summed E-state index contributed by atoms with van der Waals surface area (Å²) in [6.07, 6.45) is 2.79. The molecule has 0 aliphatic rings. The van der Waals surface area contributed by atoms with Gasteiger partial charge < -0.3 is 10.1 Å². The highest BCUT2D eigenvalue weighted by Crippen LogP contribution is 2.19. The fourth-order valence-corrected chi connectivity index (χ4v) is 2.34. The van der Waals surface area contributed by atoms with Gasteiger partial charge in [-0.25, -0.2) is 0 Å². The van der Waals surface area contributed by atoms with E-state index in [4.69, 9.17) is 4.74 Å². The van der Waals surface area contributed by atoms with Crippen LogP contribution in [-0.2, 0) is 20.7 Å². The van der Waals surface area contributed by atoms with Gasteiger partial charge in [-0.05, 0) is 30.0 Å². The summed E-state index contributed by atoms with van der Waals surface area (Å²) >= 11 is 0. The average Bonchev–Trinajstić information content (AvgIpc) is 2.61. The lowest BCUT2D eigenvalue weighted by Crippen LogP contribution is -2.21. The molecule has 4 heteroatoms. The lowest BCUT2D eigenvalue weighted by Gasteiger charge is -2.11. The number of ether oxygens (including phenoxy) is 1. The summed E-state index contributed by atoms with van der Waals surface area (Å²) in [4.78, 5) is 23.5. The van der Waals surface area contributed by atoms with E-state index in [9.17, 15) is 9.59 Å². The van der Waals surface area contributed by atoms with Crippen LogP contribution >= 0.6 is 0 Å². The van der Waals surface area contributed by atoms with Crippen molar-refractivity contribution in [2.75, 3.05) is 11.9 Å². The highest BCUT2D eigenvalue weighted by molar-refractivity contribution is 5.93. The van der Waals surface area contributed by atoms with Gasteiger partial charge in [-0.1, -0.05) is 61.9 Å². The molecule has 2 aromatic rings. The molecule has 0 saturated carbocycles. The van der Waals surface area contributed by atoms with Crippen LogP contribution in [0, 0.1) is 0 Å². The second-order valence-corrected chi connectivity index (χ2v) is 5.63. The Morgan fingerprint density at radius 1 is 1.00 bits per heavy atom. The van der Waals surface area contributed by atoms with Gasteiger partial charge in [0.1, 0.15) is 0 Å². The second-order valence-electron chi connectivity index (χ2n) is 5.63. The molecule has 126 valence electrons. The quantitative estimate of drug-likeness (QED) is 0.748. The molecule has 2 rings (SSSR count). The topological polar surface area (TPSA) is 55.4 Å². The number of anilines is 1. The van der Waals surface area contributed by atoms with Crippen LogP contribution in [0.2, 0.25) is 0 Å². The summed E-state index contributed by atoms with van der Waals surface area (Å²) in [6, 6.07) is 17.7. The molecule has 0 spiro atoms. The molecule has 24 heavy (non-hydrogen) atoms. The van der Waals surface area contributed by atoms with Crippen LogP contribution in [0.15, 0.2) is 54.6 Å². The minimum atomic E-state index is -0.329. The van der Waals surface area contributed by atoms with Crippen molar-refractivity contribution in [3.63, 3.8) is 0 Å². The van der Waals surface area contributed by atoms with Crippen molar-refractivity contribution in [1.29, 1.82) is 0 Å². The van der Waals surface area contributed by atoms with Crippen LogP contribution < -0.4 is 5.32 Å². The number of amides is 1. The summed E-state index contributed by atoms with van der Waals surface area (Å²) in [5, 5.41) is 2.83. The van der Waals surface area contributed by atoms with E-state index in [1.54, 1.807) is 0 Å². The average molecular weight is 325 g/mol. The van der Waals surface area contributed by atoms with Crippen LogP contribution in [0.4, 0.5) is 5.69 Å². The number of esters is 1. The molecule has 0 bridgehead atoms. The van der Waals surface area contributed by atoms with Crippen molar-refractivity contribution in [3.05, 3.63) is 65.7 Å². The van der Waals surface area contributed by atoms with E-state index in [-0.39, 0.29) is 18.5 Å². The number of carbonyl (C=O) groups is 2. The van der Waals surface area contributed by atoms with E-state index in [0.717, 1.165) is 30.5 Å². The lowest BCUT2D eigenvalue weighted by atomic mass is 10.0. The van der Waals surface area contributed by atoms with Crippen molar-refractivity contribution < 1.29 is 14.3 Å². The number of benzene rings is 2. The summed E-state index contributed by atoms with van der Waals surface area (Å²) in [7, 11) is 0. The molecule has 0 heterocycles. The Morgan fingerprint density at radius 2 is 1.71 bits per heavy atom. The monoisotopic (exact) mass is 325 g/mol. The van der Waals surface area contributed by atoms with Gasteiger partial charge in [-0.3, -0.25) is 9.59 Å². The Labute approximate surface area is 142 Å². The Kier molecular flexibility index (Phi) is 7.02. The van der Waals surface area contributed by atoms with Crippen molar-refractivity contribution in [2.24, 2.45) is 0 Å². The van der Waals surface area contributed by atoms with Gasteiger partial charge in [0.15, 0.2) is 6.61 Å². The fourth-order valence-electron chi connectivity index (χ4n) is 2.34. The van der Waals surface area contributed by atoms with E-state index in [1.807, 2.05) is 61.5 Å². The van der Waals surface area contributed by atoms with Gasteiger partial charge in [0.2, 0.25) is 0 Å². The largest absolute Gasteiger partial charge is 0.456 e. The minimum Gasteiger partial charge on any atom is -0.456 e. The standard InChI is InChI=1S/C20H23NO3/c1-2-3-13-20(23)24-15-19(22)21-18-12-8-7-11-17(18)14-16-9-5-4-6-10-16/h4-12H,2-3,13-15H2,1H3,(H,21,22). The number of para-hydroxylation sites is 1. The molecule has 1 amide bonds. The van der Waals surface area contributed by atoms with Gasteiger partial charge in [0, 0.05) is 12.1 Å². The van der Waals surface area contributed by atoms with Crippen LogP contribution in [0.3, 0.4) is 0 Å². The number of carbonyl (C=O) groups excluding carboxylic acids is 2. The summed E-state index contributed by atoms with van der Waals surface area (Å²) in [6.45, 7) is 1.76. The van der Waals surface area contributed by atoms with Gasteiger partial charge in [0.05, 0.1) is 0 Å². The first-order chi connectivity index (χ1) is 11.7. The maximum absolute atomic E-state index is 12.0. The third kappa shape index (κ3) is 5.88. The molecule has 2 aromatic carbocycles. The van der Waals surface area contributed by atoms with E-state index in [2.05, 4.69) is 5.32 Å². The van der Waals surface area contributed by atoms with E-state index in [0.29, 0.717) is 6.42 Å². The maximum atomic E-state index is 12.0. The normalized spacial score (nSPS) is 10.2. The van der Waals surface area contributed by atoms with Crippen LogP contribution in [0.25, 0.3) is 0 Å². The zero-order valence-corrected chi connectivity index (χ0v) is 14.0. The zero-order valence-electron chi connectivity index (χ0n) is 14.0. The van der Waals surface area contributed by atoms with Crippen LogP contribution in [0.5, 0.6) is 0 Å². The first-order valence-corrected chi connectivity index (χ1v) is 8.26.